The minimum Gasteiger partial charge on any atom is -0.454 e. The average Bonchev–Trinajstić information content (AvgIpc) is 3.34. The van der Waals surface area contributed by atoms with Crippen molar-refractivity contribution >= 4 is 16.9 Å². The molecule has 6 heteroatoms. The Morgan fingerprint density at radius 1 is 1.11 bits per heavy atom. The SMILES string of the molecule is O=C(N[C@@H]1CCC[C@H](c2nc3ccccc3[nH]2)C1)c1ccc2c(c1)OCO2. The van der Waals surface area contributed by atoms with Crippen LogP contribution in [0.4, 0.5) is 0 Å². The van der Waals surface area contributed by atoms with E-state index in [0.717, 1.165) is 42.5 Å². The van der Waals surface area contributed by atoms with Crippen LogP contribution in [-0.4, -0.2) is 28.7 Å². The fourth-order valence-electron chi connectivity index (χ4n) is 4.04. The van der Waals surface area contributed by atoms with Crippen molar-refractivity contribution in [2.45, 2.75) is 37.6 Å². The zero-order valence-corrected chi connectivity index (χ0v) is 14.9. The number of fused-ring (bicyclic) bond motifs is 2. The molecule has 0 saturated heterocycles. The van der Waals surface area contributed by atoms with Crippen molar-refractivity contribution in [3.05, 3.63) is 53.9 Å². The van der Waals surface area contributed by atoms with Crippen LogP contribution in [0.1, 0.15) is 47.8 Å². The maximum Gasteiger partial charge on any atom is 0.251 e. The minimum absolute atomic E-state index is 0.0662. The van der Waals surface area contributed by atoms with E-state index in [0.29, 0.717) is 23.0 Å². The Bertz CT molecular complexity index is 964. The van der Waals surface area contributed by atoms with Crippen molar-refractivity contribution in [3.63, 3.8) is 0 Å². The zero-order valence-electron chi connectivity index (χ0n) is 14.9. The van der Waals surface area contributed by atoms with Crippen LogP contribution in [0.15, 0.2) is 42.5 Å². The molecular weight excluding hydrogens is 342 g/mol. The molecule has 0 bridgehead atoms. The van der Waals surface area contributed by atoms with Gasteiger partial charge < -0.3 is 19.8 Å². The van der Waals surface area contributed by atoms with Gasteiger partial charge >= 0.3 is 0 Å². The van der Waals surface area contributed by atoms with Gasteiger partial charge in [0.15, 0.2) is 11.5 Å². The Hall–Kier alpha value is -3.02. The summed E-state index contributed by atoms with van der Waals surface area (Å²) in [6.07, 6.45) is 4.06. The lowest BCUT2D eigenvalue weighted by molar-refractivity contribution is 0.0924. The van der Waals surface area contributed by atoms with Gasteiger partial charge in [0.1, 0.15) is 5.82 Å². The van der Waals surface area contributed by atoms with Crippen LogP contribution >= 0.6 is 0 Å². The highest BCUT2D eigenvalue weighted by atomic mass is 16.7. The molecule has 138 valence electrons. The summed E-state index contributed by atoms with van der Waals surface area (Å²) in [5.74, 6) is 2.62. The molecule has 2 N–H and O–H groups in total. The van der Waals surface area contributed by atoms with Gasteiger partial charge in [-0.1, -0.05) is 18.6 Å². The molecule has 5 rings (SSSR count). The van der Waals surface area contributed by atoms with Gasteiger partial charge in [-0.25, -0.2) is 4.98 Å². The first kappa shape index (κ1) is 16.2. The van der Waals surface area contributed by atoms with E-state index in [1.807, 2.05) is 24.3 Å². The van der Waals surface area contributed by atoms with Crippen LogP contribution in [0.25, 0.3) is 11.0 Å². The molecule has 0 spiro atoms. The third-order valence-corrected chi connectivity index (χ3v) is 5.44. The van der Waals surface area contributed by atoms with Crippen molar-refractivity contribution in [1.82, 2.24) is 15.3 Å². The Balaban J connectivity index is 1.28. The lowest BCUT2D eigenvalue weighted by Crippen LogP contribution is -2.38. The van der Waals surface area contributed by atoms with Crippen LogP contribution in [0, 0.1) is 0 Å². The topological polar surface area (TPSA) is 76.2 Å². The van der Waals surface area contributed by atoms with E-state index >= 15 is 0 Å². The number of H-pyrrole nitrogens is 1. The monoisotopic (exact) mass is 363 g/mol. The number of amides is 1. The van der Waals surface area contributed by atoms with Gasteiger partial charge in [0.25, 0.3) is 5.91 Å². The molecule has 3 aromatic rings. The second-order valence-electron chi connectivity index (χ2n) is 7.24. The normalized spacial score (nSPS) is 21.3. The summed E-state index contributed by atoms with van der Waals surface area (Å²) in [6, 6.07) is 13.6. The maximum absolute atomic E-state index is 12.7. The number of benzene rings is 2. The van der Waals surface area contributed by atoms with Crippen LogP contribution in [0.3, 0.4) is 0 Å². The Morgan fingerprint density at radius 3 is 2.93 bits per heavy atom. The van der Waals surface area contributed by atoms with Crippen molar-refractivity contribution in [3.8, 4) is 11.5 Å². The van der Waals surface area contributed by atoms with Crippen molar-refractivity contribution < 1.29 is 14.3 Å². The van der Waals surface area contributed by atoms with E-state index in [4.69, 9.17) is 14.5 Å². The van der Waals surface area contributed by atoms with Crippen LogP contribution in [0.2, 0.25) is 0 Å². The number of imidazole rings is 1. The summed E-state index contributed by atoms with van der Waals surface area (Å²) in [7, 11) is 0. The lowest BCUT2D eigenvalue weighted by atomic mass is 9.85. The number of para-hydroxylation sites is 2. The van der Waals surface area contributed by atoms with Gasteiger partial charge in [-0.3, -0.25) is 4.79 Å². The van der Waals surface area contributed by atoms with Crippen molar-refractivity contribution in [2.24, 2.45) is 0 Å². The quantitative estimate of drug-likeness (QED) is 0.743. The standard InChI is InChI=1S/C21H21N3O3/c25-21(14-8-9-18-19(11-14)27-12-26-18)22-15-5-3-4-13(10-15)20-23-16-6-1-2-7-17(16)24-20/h1-2,6-9,11,13,15H,3-5,10,12H2,(H,22,25)(H,23,24)/t13-,15+/m0/s1. The minimum atomic E-state index is -0.0662. The van der Waals surface area contributed by atoms with Crippen LogP contribution < -0.4 is 14.8 Å². The largest absolute Gasteiger partial charge is 0.454 e. The summed E-state index contributed by atoms with van der Waals surface area (Å²) in [6.45, 7) is 0.211. The fraction of sp³-hybridized carbons (Fsp3) is 0.333. The first-order valence-electron chi connectivity index (χ1n) is 9.41. The molecule has 6 nitrogen and oxygen atoms in total. The molecule has 1 aliphatic heterocycles. The third-order valence-electron chi connectivity index (χ3n) is 5.44. The molecule has 2 aromatic carbocycles. The van der Waals surface area contributed by atoms with E-state index < -0.39 is 0 Å². The van der Waals surface area contributed by atoms with E-state index in [-0.39, 0.29) is 18.7 Å². The summed E-state index contributed by atoms with van der Waals surface area (Å²) in [5, 5.41) is 3.18. The molecule has 2 aliphatic rings. The number of rotatable bonds is 3. The Labute approximate surface area is 156 Å². The van der Waals surface area contributed by atoms with Crippen molar-refractivity contribution in [2.75, 3.05) is 6.79 Å². The first-order valence-corrected chi connectivity index (χ1v) is 9.41. The Kier molecular flexibility index (Phi) is 3.96. The first-order chi connectivity index (χ1) is 13.3. The maximum atomic E-state index is 12.7. The molecule has 1 amide bonds. The molecule has 0 unspecified atom stereocenters. The highest BCUT2D eigenvalue weighted by Crippen LogP contribution is 2.34. The van der Waals surface area contributed by atoms with Gasteiger partial charge in [-0.15, -0.1) is 0 Å². The third kappa shape index (κ3) is 3.12. The number of nitrogens with one attached hydrogen (secondary N) is 2. The molecule has 0 radical (unpaired) electrons. The summed E-state index contributed by atoms with van der Waals surface area (Å²) >= 11 is 0. The molecule has 1 fully saturated rings. The number of aromatic nitrogens is 2. The van der Waals surface area contributed by atoms with Crippen LogP contribution in [0.5, 0.6) is 11.5 Å². The van der Waals surface area contributed by atoms with Gasteiger partial charge in [0.2, 0.25) is 6.79 Å². The van der Waals surface area contributed by atoms with Crippen molar-refractivity contribution in [1.29, 1.82) is 0 Å². The van der Waals surface area contributed by atoms with E-state index in [1.54, 1.807) is 18.2 Å². The smallest absolute Gasteiger partial charge is 0.251 e. The van der Waals surface area contributed by atoms with Gasteiger partial charge in [0, 0.05) is 17.5 Å². The van der Waals surface area contributed by atoms with E-state index in [1.165, 1.54) is 0 Å². The van der Waals surface area contributed by atoms with E-state index in [9.17, 15) is 4.79 Å². The second-order valence-corrected chi connectivity index (χ2v) is 7.24. The predicted molar refractivity (Wildman–Crippen MR) is 101 cm³/mol. The molecule has 2 atom stereocenters. The number of carbonyl (C=O) groups is 1. The molecule has 2 heterocycles. The highest BCUT2D eigenvalue weighted by Gasteiger charge is 2.27. The van der Waals surface area contributed by atoms with Crippen LogP contribution in [-0.2, 0) is 0 Å². The number of aromatic amines is 1. The molecule has 1 aliphatic carbocycles. The number of hydrogen-bond acceptors (Lipinski definition) is 4. The molecule has 27 heavy (non-hydrogen) atoms. The summed E-state index contributed by atoms with van der Waals surface area (Å²) in [5.41, 5.74) is 2.67. The molecular formula is C21H21N3O3. The average molecular weight is 363 g/mol. The number of nitrogens with zero attached hydrogens (tertiary/aromatic N) is 1. The molecule has 1 aromatic heterocycles. The summed E-state index contributed by atoms with van der Waals surface area (Å²) < 4.78 is 10.7. The molecule has 1 saturated carbocycles. The summed E-state index contributed by atoms with van der Waals surface area (Å²) in [4.78, 5) is 20.9. The highest BCUT2D eigenvalue weighted by molar-refractivity contribution is 5.95. The predicted octanol–water partition coefficient (Wildman–Crippen LogP) is 3.75. The number of hydrogen-bond donors (Lipinski definition) is 2. The fourth-order valence-corrected chi connectivity index (χ4v) is 4.04. The van der Waals surface area contributed by atoms with Gasteiger partial charge in [-0.05, 0) is 49.6 Å². The number of ether oxygens (including phenoxy) is 2. The lowest BCUT2D eigenvalue weighted by Gasteiger charge is -2.28. The second kappa shape index (κ2) is 6.61. The Morgan fingerprint density at radius 2 is 2.00 bits per heavy atom. The van der Waals surface area contributed by atoms with E-state index in [2.05, 4.69) is 10.3 Å². The zero-order chi connectivity index (χ0) is 18.2. The van der Waals surface area contributed by atoms with Gasteiger partial charge in [0.05, 0.1) is 11.0 Å². The number of carbonyl (C=O) groups excluding carboxylic acids is 1. The van der Waals surface area contributed by atoms with Gasteiger partial charge in [-0.2, -0.15) is 0 Å².